The largest absolute Gasteiger partial charge is 0.454 e. The molecule has 0 aliphatic carbocycles. The van der Waals surface area contributed by atoms with Crippen LogP contribution in [0.1, 0.15) is 5.56 Å². The standard InChI is InChI=1S/C15H19N5O4.HI/c1-16-14(17-4-5-20-13(21)8-19-15(20)22)18-7-10-2-3-11-12(6-10)24-9-23-11;/h2-3,6H,4-5,7-9H2,1H3,(H,19,22)(H2,16,17,18);1H. The highest BCUT2D eigenvalue weighted by atomic mass is 127. The van der Waals surface area contributed by atoms with Crippen LogP contribution >= 0.6 is 24.0 Å². The Hall–Kier alpha value is -2.24. The molecule has 0 bridgehead atoms. The summed E-state index contributed by atoms with van der Waals surface area (Å²) in [6, 6.07) is 5.37. The van der Waals surface area contributed by atoms with Gasteiger partial charge in [0, 0.05) is 26.7 Å². The summed E-state index contributed by atoms with van der Waals surface area (Å²) >= 11 is 0. The summed E-state index contributed by atoms with van der Waals surface area (Å²) in [7, 11) is 1.66. The Bertz CT molecular complexity index is 666. The molecule has 10 heteroatoms. The van der Waals surface area contributed by atoms with Gasteiger partial charge in [0.05, 0.1) is 6.54 Å². The summed E-state index contributed by atoms with van der Waals surface area (Å²) in [6.07, 6.45) is 0. The van der Waals surface area contributed by atoms with Crippen molar-refractivity contribution in [3.05, 3.63) is 23.8 Å². The van der Waals surface area contributed by atoms with Crippen molar-refractivity contribution in [2.24, 2.45) is 4.99 Å². The van der Waals surface area contributed by atoms with Crippen LogP contribution in [-0.2, 0) is 11.3 Å². The molecule has 0 saturated carbocycles. The lowest BCUT2D eigenvalue weighted by molar-refractivity contribution is -0.124. The van der Waals surface area contributed by atoms with E-state index in [0.29, 0.717) is 19.0 Å². The van der Waals surface area contributed by atoms with Crippen molar-refractivity contribution in [2.45, 2.75) is 6.54 Å². The molecule has 3 amide bonds. The lowest BCUT2D eigenvalue weighted by atomic mass is 10.2. The van der Waals surface area contributed by atoms with Crippen molar-refractivity contribution in [1.82, 2.24) is 20.9 Å². The van der Waals surface area contributed by atoms with Gasteiger partial charge in [0.25, 0.3) is 0 Å². The third-order valence-corrected chi connectivity index (χ3v) is 3.69. The second kappa shape index (κ2) is 8.74. The van der Waals surface area contributed by atoms with E-state index in [1.54, 1.807) is 7.05 Å². The summed E-state index contributed by atoms with van der Waals surface area (Å²) in [5.74, 6) is 1.84. The number of halogens is 1. The number of carbonyl (C=O) groups is 2. The first-order valence-electron chi connectivity index (χ1n) is 7.58. The fourth-order valence-corrected chi connectivity index (χ4v) is 2.43. The maximum atomic E-state index is 11.5. The highest BCUT2D eigenvalue weighted by Crippen LogP contribution is 2.32. The quantitative estimate of drug-likeness (QED) is 0.252. The van der Waals surface area contributed by atoms with Crippen LogP contribution in [0.3, 0.4) is 0 Å². The highest BCUT2D eigenvalue weighted by molar-refractivity contribution is 14.0. The molecule has 2 heterocycles. The summed E-state index contributed by atoms with van der Waals surface area (Å²) in [5, 5.41) is 8.71. The van der Waals surface area contributed by atoms with Crippen LogP contribution in [0, 0.1) is 0 Å². The Labute approximate surface area is 162 Å². The SMILES string of the molecule is CN=C(NCCN1C(=O)CNC1=O)NCc1ccc2c(c1)OCO2.I. The van der Waals surface area contributed by atoms with Gasteiger partial charge in [-0.1, -0.05) is 6.07 Å². The lowest BCUT2D eigenvalue weighted by Gasteiger charge is -2.15. The van der Waals surface area contributed by atoms with Gasteiger partial charge in [-0.2, -0.15) is 0 Å². The summed E-state index contributed by atoms with van der Waals surface area (Å²) in [4.78, 5) is 28.2. The van der Waals surface area contributed by atoms with Crippen LogP contribution in [0.25, 0.3) is 0 Å². The number of hydrogen-bond donors (Lipinski definition) is 3. The fourth-order valence-electron chi connectivity index (χ4n) is 2.43. The molecule has 1 saturated heterocycles. The maximum absolute atomic E-state index is 11.5. The van der Waals surface area contributed by atoms with Crippen molar-refractivity contribution >= 4 is 41.9 Å². The zero-order chi connectivity index (χ0) is 16.9. The van der Waals surface area contributed by atoms with E-state index >= 15 is 0 Å². The van der Waals surface area contributed by atoms with E-state index in [0.717, 1.165) is 17.1 Å². The number of rotatable bonds is 5. The molecule has 1 aromatic rings. The van der Waals surface area contributed by atoms with E-state index in [2.05, 4.69) is 20.9 Å². The number of hydrogen-bond acceptors (Lipinski definition) is 5. The molecular formula is C15H20IN5O4. The van der Waals surface area contributed by atoms with Crippen molar-refractivity contribution in [3.8, 4) is 11.5 Å². The fraction of sp³-hybridized carbons (Fsp3) is 0.400. The first-order valence-corrected chi connectivity index (χ1v) is 7.58. The van der Waals surface area contributed by atoms with Crippen molar-refractivity contribution < 1.29 is 19.1 Å². The third-order valence-electron chi connectivity index (χ3n) is 3.69. The predicted molar refractivity (Wildman–Crippen MR) is 101 cm³/mol. The molecule has 1 fully saturated rings. The van der Waals surface area contributed by atoms with Gasteiger partial charge in [-0.25, -0.2) is 4.79 Å². The molecule has 2 aliphatic rings. The molecule has 2 aliphatic heterocycles. The molecule has 0 atom stereocenters. The highest BCUT2D eigenvalue weighted by Gasteiger charge is 2.27. The minimum absolute atomic E-state index is 0. The number of aliphatic imine (C=N–C) groups is 1. The Kier molecular flexibility index (Phi) is 6.67. The van der Waals surface area contributed by atoms with Gasteiger partial charge in [-0.15, -0.1) is 24.0 Å². The molecule has 3 rings (SSSR count). The topological polar surface area (TPSA) is 104 Å². The number of imide groups is 1. The average molecular weight is 461 g/mol. The number of nitrogens with zero attached hydrogens (tertiary/aromatic N) is 2. The minimum Gasteiger partial charge on any atom is -0.454 e. The number of guanidine groups is 1. The Morgan fingerprint density at radius 3 is 2.80 bits per heavy atom. The van der Waals surface area contributed by atoms with Crippen LogP contribution in [-0.4, -0.2) is 56.3 Å². The minimum atomic E-state index is -0.356. The zero-order valence-electron chi connectivity index (χ0n) is 13.7. The summed E-state index contributed by atoms with van der Waals surface area (Å²) in [6.45, 7) is 1.57. The van der Waals surface area contributed by atoms with Crippen LogP contribution in [0.15, 0.2) is 23.2 Å². The van der Waals surface area contributed by atoms with Gasteiger partial charge in [-0.3, -0.25) is 14.7 Å². The molecule has 0 aromatic heterocycles. The molecule has 9 nitrogen and oxygen atoms in total. The maximum Gasteiger partial charge on any atom is 0.324 e. The molecule has 136 valence electrons. The first-order chi connectivity index (χ1) is 11.7. The van der Waals surface area contributed by atoms with Crippen LogP contribution in [0.4, 0.5) is 4.79 Å². The number of amides is 3. The molecule has 3 N–H and O–H groups in total. The normalized spacial score (nSPS) is 15.7. The summed E-state index contributed by atoms with van der Waals surface area (Å²) < 4.78 is 10.6. The van der Waals surface area contributed by atoms with Gasteiger partial charge >= 0.3 is 6.03 Å². The molecule has 0 radical (unpaired) electrons. The number of fused-ring (bicyclic) bond motifs is 1. The van der Waals surface area contributed by atoms with Crippen molar-refractivity contribution in [3.63, 3.8) is 0 Å². The van der Waals surface area contributed by atoms with Gasteiger partial charge < -0.3 is 25.4 Å². The molecular weight excluding hydrogens is 441 g/mol. The van der Waals surface area contributed by atoms with E-state index in [4.69, 9.17) is 9.47 Å². The smallest absolute Gasteiger partial charge is 0.324 e. The second-order valence-electron chi connectivity index (χ2n) is 5.24. The van der Waals surface area contributed by atoms with E-state index < -0.39 is 0 Å². The van der Waals surface area contributed by atoms with Gasteiger partial charge in [-0.05, 0) is 17.7 Å². The monoisotopic (exact) mass is 461 g/mol. The third kappa shape index (κ3) is 4.65. The van der Waals surface area contributed by atoms with E-state index in [1.807, 2.05) is 18.2 Å². The molecule has 0 unspecified atom stereocenters. The Balaban J connectivity index is 0.00000225. The van der Waals surface area contributed by atoms with Gasteiger partial charge in [0.1, 0.15) is 0 Å². The van der Waals surface area contributed by atoms with Crippen LogP contribution < -0.4 is 25.4 Å². The molecule has 25 heavy (non-hydrogen) atoms. The number of ether oxygens (including phenoxy) is 2. The number of nitrogens with one attached hydrogen (secondary N) is 3. The van der Waals surface area contributed by atoms with E-state index in [-0.39, 0.29) is 55.8 Å². The Morgan fingerprint density at radius 1 is 1.28 bits per heavy atom. The first kappa shape index (κ1) is 19.1. The van der Waals surface area contributed by atoms with Crippen molar-refractivity contribution in [2.75, 3.05) is 33.5 Å². The molecule has 1 aromatic carbocycles. The van der Waals surface area contributed by atoms with E-state index in [1.165, 1.54) is 4.90 Å². The van der Waals surface area contributed by atoms with E-state index in [9.17, 15) is 9.59 Å². The predicted octanol–water partition coefficient (Wildman–Crippen LogP) is 0.250. The van der Waals surface area contributed by atoms with Crippen molar-refractivity contribution in [1.29, 1.82) is 0 Å². The molecule has 0 spiro atoms. The second-order valence-corrected chi connectivity index (χ2v) is 5.24. The van der Waals surface area contributed by atoms with Crippen LogP contribution in [0.5, 0.6) is 11.5 Å². The van der Waals surface area contributed by atoms with Gasteiger partial charge in [0.2, 0.25) is 12.7 Å². The number of carbonyl (C=O) groups excluding carboxylic acids is 2. The number of benzene rings is 1. The number of urea groups is 1. The Morgan fingerprint density at radius 2 is 2.08 bits per heavy atom. The summed E-state index contributed by atoms with van der Waals surface area (Å²) in [5.41, 5.74) is 1.02. The zero-order valence-corrected chi connectivity index (χ0v) is 16.0. The lowest BCUT2D eigenvalue weighted by Crippen LogP contribution is -2.43. The van der Waals surface area contributed by atoms with Gasteiger partial charge in [0.15, 0.2) is 17.5 Å². The van der Waals surface area contributed by atoms with Crippen LogP contribution in [0.2, 0.25) is 0 Å². The average Bonchev–Trinajstić information content (AvgIpc) is 3.18.